The van der Waals surface area contributed by atoms with E-state index in [9.17, 15) is 24.6 Å². The smallest absolute Gasteiger partial charge is 0.324 e. The fourth-order valence-corrected chi connectivity index (χ4v) is 4.50. The van der Waals surface area contributed by atoms with E-state index < -0.39 is 41.2 Å². The maximum absolute atomic E-state index is 13.4. The lowest BCUT2D eigenvalue weighted by atomic mass is 9.80. The Morgan fingerprint density at radius 1 is 1.03 bits per heavy atom. The van der Waals surface area contributed by atoms with Crippen molar-refractivity contribution in [2.75, 3.05) is 19.1 Å². The van der Waals surface area contributed by atoms with Gasteiger partial charge >= 0.3 is 5.97 Å². The van der Waals surface area contributed by atoms with Crippen LogP contribution in [0.1, 0.15) is 18.5 Å². The molecule has 162 valence electrons. The molecule has 4 unspecified atom stereocenters. The number of methoxy groups -OCH3 is 2. The Kier molecular flexibility index (Phi) is 4.85. The minimum absolute atomic E-state index is 0.159. The molecule has 2 heterocycles. The summed E-state index contributed by atoms with van der Waals surface area (Å²) in [6.07, 6.45) is 0. The molecule has 9 nitrogen and oxygen atoms in total. The number of carboxylic acid groups (broad SMARTS) is 1. The van der Waals surface area contributed by atoms with Gasteiger partial charge in [0.25, 0.3) is 0 Å². The van der Waals surface area contributed by atoms with Crippen molar-refractivity contribution in [2.24, 2.45) is 11.8 Å². The van der Waals surface area contributed by atoms with Crippen LogP contribution in [0.5, 0.6) is 17.2 Å². The minimum atomic E-state index is -1.70. The number of carboxylic acids is 1. The van der Waals surface area contributed by atoms with Gasteiger partial charge < -0.3 is 19.7 Å². The van der Waals surface area contributed by atoms with Gasteiger partial charge in [-0.1, -0.05) is 6.07 Å². The van der Waals surface area contributed by atoms with E-state index in [0.29, 0.717) is 22.7 Å². The summed E-state index contributed by atoms with van der Waals surface area (Å²) in [7, 11) is 2.95. The Bertz CT molecular complexity index is 1070. The second-order valence-corrected chi connectivity index (χ2v) is 7.77. The fraction of sp³-hybridized carbons (Fsp3) is 0.318. The number of ether oxygens (including phenoxy) is 2. The summed E-state index contributed by atoms with van der Waals surface area (Å²) in [5, 5.41) is 23.4. The van der Waals surface area contributed by atoms with Crippen molar-refractivity contribution in [3.8, 4) is 17.2 Å². The Hall–Kier alpha value is -3.59. The molecule has 0 saturated carbocycles. The van der Waals surface area contributed by atoms with E-state index in [1.807, 2.05) is 0 Å². The van der Waals surface area contributed by atoms with Crippen LogP contribution in [0.3, 0.4) is 0 Å². The molecule has 0 bridgehead atoms. The van der Waals surface area contributed by atoms with Crippen molar-refractivity contribution in [1.82, 2.24) is 5.32 Å². The number of imide groups is 1. The van der Waals surface area contributed by atoms with Gasteiger partial charge in [-0.3, -0.25) is 19.7 Å². The van der Waals surface area contributed by atoms with Crippen molar-refractivity contribution in [3.63, 3.8) is 0 Å². The van der Waals surface area contributed by atoms with Crippen molar-refractivity contribution in [1.29, 1.82) is 0 Å². The van der Waals surface area contributed by atoms with E-state index in [0.717, 1.165) is 4.90 Å². The number of carbonyl (C=O) groups excluding carboxylic acids is 2. The highest BCUT2D eigenvalue weighted by atomic mass is 16.5. The van der Waals surface area contributed by atoms with Gasteiger partial charge in [-0.2, -0.15) is 0 Å². The molecule has 0 aromatic heterocycles. The van der Waals surface area contributed by atoms with Gasteiger partial charge in [0.05, 0.1) is 31.7 Å². The standard InChI is InChI=1S/C22H22N2O7/c1-22(21(28)29)17-16(18(23-22)14-9-8-13(31-3)10-15(14)25)19(26)24(20(17)27)11-4-6-12(30-2)7-5-11/h4-10,16-18,23,25H,1-3H3,(H,28,29). The third-order valence-electron chi connectivity index (χ3n) is 6.14. The first kappa shape index (κ1) is 20.7. The molecule has 0 radical (unpaired) electrons. The van der Waals surface area contributed by atoms with E-state index in [2.05, 4.69) is 5.32 Å². The number of phenolic OH excluding ortho intramolecular Hbond substituents is 1. The maximum Gasteiger partial charge on any atom is 0.324 e. The molecule has 2 aromatic rings. The van der Waals surface area contributed by atoms with Crippen molar-refractivity contribution in [3.05, 3.63) is 48.0 Å². The average Bonchev–Trinajstić information content (AvgIpc) is 3.21. The summed E-state index contributed by atoms with van der Waals surface area (Å²) in [5.41, 5.74) is -1.05. The van der Waals surface area contributed by atoms with Crippen LogP contribution in [-0.4, -0.2) is 47.8 Å². The number of carbonyl (C=O) groups is 3. The zero-order chi connectivity index (χ0) is 22.5. The summed E-state index contributed by atoms with van der Waals surface area (Å²) in [4.78, 5) is 39.9. The number of benzene rings is 2. The van der Waals surface area contributed by atoms with Crippen LogP contribution in [0, 0.1) is 11.8 Å². The van der Waals surface area contributed by atoms with E-state index in [1.165, 1.54) is 27.2 Å². The zero-order valence-corrected chi connectivity index (χ0v) is 17.2. The lowest BCUT2D eigenvalue weighted by Gasteiger charge is -2.27. The van der Waals surface area contributed by atoms with Crippen molar-refractivity contribution >= 4 is 23.5 Å². The first-order valence-electron chi connectivity index (χ1n) is 9.62. The fourth-order valence-electron chi connectivity index (χ4n) is 4.50. The molecular formula is C22H22N2O7. The largest absolute Gasteiger partial charge is 0.507 e. The van der Waals surface area contributed by atoms with E-state index in [-0.39, 0.29) is 5.75 Å². The Morgan fingerprint density at radius 2 is 1.65 bits per heavy atom. The van der Waals surface area contributed by atoms with Gasteiger partial charge in [0.2, 0.25) is 11.8 Å². The summed E-state index contributed by atoms with van der Waals surface area (Å²) >= 11 is 0. The van der Waals surface area contributed by atoms with Gasteiger partial charge in [0.15, 0.2) is 0 Å². The molecule has 2 fully saturated rings. The molecule has 4 rings (SSSR count). The number of aliphatic carboxylic acids is 1. The zero-order valence-electron chi connectivity index (χ0n) is 17.2. The van der Waals surface area contributed by atoms with E-state index in [1.54, 1.807) is 36.4 Å². The van der Waals surface area contributed by atoms with E-state index >= 15 is 0 Å². The lowest BCUT2D eigenvalue weighted by molar-refractivity contribution is -0.147. The third-order valence-corrected chi connectivity index (χ3v) is 6.14. The Labute approximate surface area is 178 Å². The number of aromatic hydroxyl groups is 1. The highest BCUT2D eigenvalue weighted by Crippen LogP contribution is 2.51. The molecule has 2 saturated heterocycles. The monoisotopic (exact) mass is 426 g/mol. The number of anilines is 1. The lowest BCUT2D eigenvalue weighted by Crippen LogP contribution is -2.53. The summed E-state index contributed by atoms with van der Waals surface area (Å²) in [5.74, 6) is -3.73. The number of hydrogen-bond donors (Lipinski definition) is 3. The molecule has 4 atom stereocenters. The first-order valence-corrected chi connectivity index (χ1v) is 9.62. The van der Waals surface area contributed by atoms with Gasteiger partial charge in [-0.15, -0.1) is 0 Å². The molecule has 2 amide bonds. The molecule has 2 aliphatic rings. The van der Waals surface area contributed by atoms with Crippen LogP contribution in [0.2, 0.25) is 0 Å². The van der Waals surface area contributed by atoms with Gasteiger partial charge in [0, 0.05) is 17.7 Å². The SMILES string of the molecule is COc1ccc(N2C(=O)C3C(c4ccc(OC)cc4O)NC(C)(C(=O)O)C3C2=O)cc1. The van der Waals surface area contributed by atoms with Crippen molar-refractivity contribution < 1.29 is 34.1 Å². The summed E-state index contributed by atoms with van der Waals surface area (Å²) in [6, 6.07) is 10.0. The predicted octanol–water partition coefficient (Wildman–Crippen LogP) is 1.70. The normalized spacial score (nSPS) is 27.3. The van der Waals surface area contributed by atoms with Crippen LogP contribution < -0.4 is 19.7 Å². The van der Waals surface area contributed by atoms with Crippen LogP contribution in [0.15, 0.2) is 42.5 Å². The molecular weight excluding hydrogens is 404 g/mol. The highest BCUT2D eigenvalue weighted by Gasteiger charge is 2.67. The van der Waals surface area contributed by atoms with Crippen LogP contribution in [0.4, 0.5) is 5.69 Å². The first-order chi connectivity index (χ1) is 14.7. The topological polar surface area (TPSA) is 125 Å². The molecule has 0 aliphatic carbocycles. The quantitative estimate of drug-likeness (QED) is 0.617. The number of hydrogen-bond acceptors (Lipinski definition) is 7. The molecule has 2 aliphatic heterocycles. The number of nitrogens with zero attached hydrogens (tertiary/aromatic N) is 1. The Balaban J connectivity index is 1.80. The third kappa shape index (κ3) is 3.00. The number of amides is 2. The number of phenols is 1. The van der Waals surface area contributed by atoms with Crippen LogP contribution in [-0.2, 0) is 14.4 Å². The predicted molar refractivity (Wildman–Crippen MR) is 109 cm³/mol. The summed E-state index contributed by atoms with van der Waals surface area (Å²) in [6.45, 7) is 1.39. The average molecular weight is 426 g/mol. The Morgan fingerprint density at radius 3 is 2.19 bits per heavy atom. The molecule has 2 aromatic carbocycles. The molecule has 9 heteroatoms. The second-order valence-electron chi connectivity index (χ2n) is 7.77. The second kappa shape index (κ2) is 7.28. The van der Waals surface area contributed by atoms with Gasteiger partial charge in [-0.25, -0.2) is 4.90 Å². The molecule has 3 N–H and O–H groups in total. The number of nitrogens with one attached hydrogen (secondary N) is 1. The molecule has 0 spiro atoms. The minimum Gasteiger partial charge on any atom is -0.507 e. The maximum atomic E-state index is 13.4. The highest BCUT2D eigenvalue weighted by molar-refractivity contribution is 6.24. The van der Waals surface area contributed by atoms with Crippen LogP contribution in [0.25, 0.3) is 0 Å². The summed E-state index contributed by atoms with van der Waals surface area (Å²) < 4.78 is 10.2. The van der Waals surface area contributed by atoms with Gasteiger partial charge in [0.1, 0.15) is 22.8 Å². The van der Waals surface area contributed by atoms with E-state index in [4.69, 9.17) is 9.47 Å². The van der Waals surface area contributed by atoms with Crippen molar-refractivity contribution in [2.45, 2.75) is 18.5 Å². The number of rotatable bonds is 5. The number of fused-ring (bicyclic) bond motifs is 1. The van der Waals surface area contributed by atoms with Crippen LogP contribution >= 0.6 is 0 Å². The molecule has 31 heavy (non-hydrogen) atoms. The van der Waals surface area contributed by atoms with Gasteiger partial charge in [-0.05, 0) is 37.3 Å².